The van der Waals surface area contributed by atoms with Crippen molar-refractivity contribution in [3.8, 4) is 0 Å². The summed E-state index contributed by atoms with van der Waals surface area (Å²) >= 11 is 0. The monoisotopic (exact) mass is 799 g/mol. The van der Waals surface area contributed by atoms with Crippen LogP contribution in [0, 0.1) is 11.8 Å². The van der Waals surface area contributed by atoms with Crippen LogP contribution in [0.5, 0.6) is 0 Å². The number of benzene rings is 2. The predicted octanol–water partition coefficient (Wildman–Crippen LogP) is -1.43. The van der Waals surface area contributed by atoms with Crippen molar-refractivity contribution in [2.45, 2.75) is 83.3 Å². The SMILES string of the molecule is CC(C)C[C@H](NC(=O)[C@@H](NC(=O)[C@@H](N)CNC(=O)C(=O)O)C(C)C)C(=O)N[C@@H](Cc1ccccc1)[C@@H](O)C(=O)N[C@@H](CC(=O)O)C(=O)Nc1cccc(C(=O)O)c1. The van der Waals surface area contributed by atoms with Crippen LogP contribution in [0.3, 0.4) is 0 Å². The van der Waals surface area contributed by atoms with E-state index in [0.717, 1.165) is 6.07 Å². The molecule has 0 heterocycles. The summed E-state index contributed by atoms with van der Waals surface area (Å²) in [6.45, 7) is 6.15. The number of aliphatic hydroxyl groups is 1. The van der Waals surface area contributed by atoms with E-state index in [1.807, 2.05) is 5.32 Å². The number of nitrogens with one attached hydrogen (secondary N) is 6. The molecule has 0 aliphatic carbocycles. The van der Waals surface area contributed by atoms with Crippen LogP contribution >= 0.6 is 0 Å². The van der Waals surface area contributed by atoms with Crippen LogP contribution < -0.4 is 37.6 Å². The number of hydrogen-bond acceptors (Lipinski definition) is 11. The Morgan fingerprint density at radius 1 is 0.702 bits per heavy atom. The Balaban J connectivity index is 2.32. The molecule has 2 aromatic rings. The molecule has 12 N–H and O–H groups in total. The third-order valence-electron chi connectivity index (χ3n) is 8.27. The highest BCUT2D eigenvalue weighted by atomic mass is 16.4. The first kappa shape index (κ1) is 46.7. The topological polar surface area (TPSA) is 333 Å². The number of rotatable bonds is 21. The largest absolute Gasteiger partial charge is 0.481 e. The smallest absolute Gasteiger partial charge is 0.394 e. The van der Waals surface area contributed by atoms with Gasteiger partial charge in [0.25, 0.3) is 5.91 Å². The van der Waals surface area contributed by atoms with Gasteiger partial charge in [-0.15, -0.1) is 0 Å². The number of carboxylic acids is 3. The minimum absolute atomic E-state index is 0.0103. The fraction of sp³-hybridized carbons (Fsp3) is 0.432. The number of carboxylic acid groups (broad SMARTS) is 3. The van der Waals surface area contributed by atoms with Crippen LogP contribution in [-0.4, -0.2) is 117 Å². The number of aromatic carboxylic acids is 1. The number of aliphatic carboxylic acids is 2. The summed E-state index contributed by atoms with van der Waals surface area (Å²) in [5, 5.41) is 52.9. The first-order valence-electron chi connectivity index (χ1n) is 17.8. The summed E-state index contributed by atoms with van der Waals surface area (Å²) in [7, 11) is 0. The molecule has 0 aliphatic heterocycles. The third kappa shape index (κ3) is 15.7. The molecule has 20 heteroatoms. The normalized spacial score (nSPS) is 14.1. The van der Waals surface area contributed by atoms with Crippen molar-refractivity contribution in [2.24, 2.45) is 17.6 Å². The van der Waals surface area contributed by atoms with E-state index < -0.39 is 109 Å². The minimum atomic E-state index is -2.09. The summed E-state index contributed by atoms with van der Waals surface area (Å²) in [5.74, 6) is -11.6. The third-order valence-corrected chi connectivity index (χ3v) is 8.27. The fourth-order valence-corrected chi connectivity index (χ4v) is 5.31. The van der Waals surface area contributed by atoms with Gasteiger partial charge in [0.1, 0.15) is 24.2 Å². The van der Waals surface area contributed by atoms with E-state index >= 15 is 0 Å². The maximum absolute atomic E-state index is 13.9. The molecular formula is C37H49N7O13. The molecule has 0 fully saturated rings. The van der Waals surface area contributed by atoms with Crippen LogP contribution in [0.2, 0.25) is 0 Å². The Labute approximate surface area is 327 Å². The number of nitrogens with two attached hydrogens (primary N) is 1. The quantitative estimate of drug-likeness (QED) is 0.0646. The van der Waals surface area contributed by atoms with Crippen molar-refractivity contribution in [3.63, 3.8) is 0 Å². The van der Waals surface area contributed by atoms with Crippen LogP contribution in [-0.2, 0) is 44.8 Å². The van der Waals surface area contributed by atoms with Crippen molar-refractivity contribution in [2.75, 3.05) is 11.9 Å². The van der Waals surface area contributed by atoms with Crippen molar-refractivity contribution in [1.82, 2.24) is 26.6 Å². The summed E-state index contributed by atoms with van der Waals surface area (Å²) < 4.78 is 0. The van der Waals surface area contributed by atoms with Crippen LogP contribution in [0.25, 0.3) is 0 Å². The molecule has 2 aromatic carbocycles. The number of aliphatic hydroxyl groups excluding tert-OH is 1. The summed E-state index contributed by atoms with van der Waals surface area (Å²) in [5.41, 5.74) is 6.14. The summed E-state index contributed by atoms with van der Waals surface area (Å²) in [6, 6.07) is 6.24. The molecule has 0 unspecified atom stereocenters. The van der Waals surface area contributed by atoms with Crippen molar-refractivity contribution >= 4 is 59.0 Å². The van der Waals surface area contributed by atoms with Gasteiger partial charge in [-0.2, -0.15) is 0 Å². The molecule has 57 heavy (non-hydrogen) atoms. The van der Waals surface area contributed by atoms with Gasteiger partial charge in [-0.1, -0.05) is 64.1 Å². The van der Waals surface area contributed by atoms with E-state index in [-0.39, 0.29) is 30.0 Å². The maximum atomic E-state index is 13.9. The second kappa shape index (κ2) is 22.2. The Bertz CT molecular complexity index is 1790. The molecule has 6 amide bonds. The van der Waals surface area contributed by atoms with Gasteiger partial charge in [-0.25, -0.2) is 9.59 Å². The number of amides is 6. The van der Waals surface area contributed by atoms with Crippen molar-refractivity contribution in [3.05, 3.63) is 65.7 Å². The molecule has 0 spiro atoms. The van der Waals surface area contributed by atoms with Gasteiger partial charge in [0.2, 0.25) is 23.6 Å². The van der Waals surface area contributed by atoms with Gasteiger partial charge in [-0.05, 0) is 48.4 Å². The minimum Gasteiger partial charge on any atom is -0.481 e. The van der Waals surface area contributed by atoms with Gasteiger partial charge in [0.05, 0.1) is 18.0 Å². The molecule has 6 atom stereocenters. The van der Waals surface area contributed by atoms with Gasteiger partial charge >= 0.3 is 23.8 Å². The highest BCUT2D eigenvalue weighted by Crippen LogP contribution is 2.14. The standard InChI is InChI=1S/C37H49N7O13/c1-18(2)13-25(42-33(51)28(19(3)4)44-30(48)23(38)17-39-35(53)37(56)57)32(50)41-24(14-20-9-6-5-7-10-20)29(47)34(52)43-26(16-27(45)46)31(49)40-22-12-8-11-21(15-22)36(54)55/h5-12,15,18-19,23-26,28-29,47H,13-14,16-17,38H2,1-4H3,(H,39,53)(H,40,49)(H,41,50)(H,42,51)(H,43,52)(H,44,48)(H,45,46)(H,54,55)(H,56,57)/t23-,24-,25-,26-,28-,29+/m0/s1. The van der Waals surface area contributed by atoms with Crippen molar-refractivity contribution < 1.29 is 63.6 Å². The molecule has 0 radical (unpaired) electrons. The lowest BCUT2D eigenvalue weighted by Crippen LogP contribution is -2.61. The van der Waals surface area contributed by atoms with Gasteiger partial charge < -0.3 is 58.1 Å². The second-order valence-electron chi connectivity index (χ2n) is 13.8. The Morgan fingerprint density at radius 3 is 1.89 bits per heavy atom. The van der Waals surface area contributed by atoms with Crippen LogP contribution in [0.15, 0.2) is 54.6 Å². The first-order chi connectivity index (χ1) is 26.7. The lowest BCUT2D eigenvalue weighted by atomic mass is 9.97. The predicted molar refractivity (Wildman–Crippen MR) is 201 cm³/mol. The number of carbonyl (C=O) groups is 9. The number of hydrogen-bond donors (Lipinski definition) is 11. The van der Waals surface area contributed by atoms with E-state index in [2.05, 4.69) is 26.6 Å². The Morgan fingerprint density at radius 2 is 1.33 bits per heavy atom. The Kier molecular flexibility index (Phi) is 18.2. The number of carbonyl (C=O) groups excluding carboxylic acids is 6. The van der Waals surface area contributed by atoms with Crippen molar-refractivity contribution in [1.29, 1.82) is 0 Å². The molecule has 0 saturated heterocycles. The molecular weight excluding hydrogens is 750 g/mol. The average molecular weight is 800 g/mol. The molecule has 310 valence electrons. The van der Waals surface area contributed by atoms with E-state index in [9.17, 15) is 58.5 Å². The van der Waals surface area contributed by atoms with E-state index in [1.54, 1.807) is 58.0 Å². The lowest BCUT2D eigenvalue weighted by molar-refractivity contribution is -0.150. The average Bonchev–Trinajstić information content (AvgIpc) is 3.14. The van der Waals surface area contributed by atoms with E-state index in [4.69, 9.17) is 10.8 Å². The molecule has 0 saturated carbocycles. The Hall–Kier alpha value is -6.41. The van der Waals surface area contributed by atoms with E-state index in [0.29, 0.717) is 5.56 Å². The molecule has 2 rings (SSSR count). The summed E-state index contributed by atoms with van der Waals surface area (Å²) in [4.78, 5) is 112. The zero-order chi connectivity index (χ0) is 43.0. The fourth-order valence-electron chi connectivity index (χ4n) is 5.31. The molecule has 0 bridgehead atoms. The zero-order valence-electron chi connectivity index (χ0n) is 31.7. The van der Waals surface area contributed by atoms with Gasteiger partial charge in [0.15, 0.2) is 6.10 Å². The number of anilines is 1. The van der Waals surface area contributed by atoms with Crippen LogP contribution in [0.4, 0.5) is 5.69 Å². The maximum Gasteiger partial charge on any atom is 0.394 e. The second-order valence-corrected chi connectivity index (χ2v) is 13.8. The molecule has 0 aliphatic rings. The van der Waals surface area contributed by atoms with Crippen LogP contribution in [0.1, 0.15) is 56.5 Å². The van der Waals surface area contributed by atoms with Gasteiger partial charge in [-0.3, -0.25) is 33.6 Å². The lowest BCUT2D eigenvalue weighted by Gasteiger charge is -2.30. The van der Waals surface area contributed by atoms with E-state index in [1.165, 1.54) is 18.2 Å². The highest BCUT2D eigenvalue weighted by Gasteiger charge is 2.35. The molecule has 0 aromatic heterocycles. The summed E-state index contributed by atoms with van der Waals surface area (Å²) in [6.07, 6.45) is -3.13. The zero-order valence-corrected chi connectivity index (χ0v) is 31.7. The molecule has 20 nitrogen and oxygen atoms in total. The highest BCUT2D eigenvalue weighted by molar-refractivity contribution is 6.31. The van der Waals surface area contributed by atoms with Gasteiger partial charge in [0, 0.05) is 12.2 Å². The first-order valence-corrected chi connectivity index (χ1v) is 17.8.